The zero-order valence-electron chi connectivity index (χ0n) is 38.8. The molecule has 0 saturated carbocycles. The second kappa shape index (κ2) is 16.8. The maximum atomic E-state index is 5.29. The molecule has 7 aromatic carbocycles. The Labute approximate surface area is 400 Å². The minimum Gasteiger partial charge on any atom is -0.208 e. The Morgan fingerprint density at radius 2 is 0.985 bits per heavy atom. The zero-order valence-corrected chi connectivity index (χ0v) is 38.8. The van der Waals surface area contributed by atoms with Gasteiger partial charge in [-0.1, -0.05) is 239 Å². The van der Waals surface area contributed by atoms with Crippen molar-refractivity contribution in [3.05, 3.63) is 275 Å². The molecule has 8 aromatic rings. The highest BCUT2D eigenvalue weighted by atomic mass is 15.0. The number of allylic oxidation sites excluding steroid dienone is 9. The number of benzene rings is 7. The van der Waals surface area contributed by atoms with Crippen molar-refractivity contribution in [2.45, 2.75) is 39.0 Å². The van der Waals surface area contributed by atoms with Gasteiger partial charge in [0, 0.05) is 28.0 Å². The molecule has 328 valence electrons. The van der Waals surface area contributed by atoms with Gasteiger partial charge >= 0.3 is 0 Å². The molecule has 0 amide bonds. The molecule has 0 bridgehead atoms. The Balaban J connectivity index is 1.06. The molecule has 0 spiro atoms. The highest BCUT2D eigenvalue weighted by molar-refractivity contribution is 5.89. The third-order valence-electron chi connectivity index (χ3n) is 15.4. The van der Waals surface area contributed by atoms with Crippen LogP contribution in [0, 0.1) is 23.2 Å². The molecule has 4 atom stereocenters. The van der Waals surface area contributed by atoms with E-state index in [9.17, 15) is 0 Å². The fourth-order valence-electron chi connectivity index (χ4n) is 12.4. The molecule has 12 rings (SSSR count). The predicted molar refractivity (Wildman–Crippen MR) is 279 cm³/mol. The molecule has 4 aliphatic carbocycles. The van der Waals surface area contributed by atoms with Crippen LogP contribution >= 0.6 is 0 Å². The van der Waals surface area contributed by atoms with Gasteiger partial charge in [0.2, 0.25) is 0 Å². The van der Waals surface area contributed by atoms with Gasteiger partial charge in [0.25, 0.3) is 0 Å². The van der Waals surface area contributed by atoms with Crippen molar-refractivity contribution in [2.24, 2.45) is 23.2 Å². The first-order chi connectivity index (χ1) is 33.4. The Bertz CT molecular complexity index is 3340. The van der Waals surface area contributed by atoms with Crippen molar-refractivity contribution in [3.63, 3.8) is 0 Å². The van der Waals surface area contributed by atoms with Gasteiger partial charge in [-0.3, -0.25) is 0 Å². The molecule has 0 saturated heterocycles. The highest BCUT2D eigenvalue weighted by Crippen LogP contribution is 2.68. The molecule has 68 heavy (non-hydrogen) atoms. The van der Waals surface area contributed by atoms with E-state index in [2.05, 4.69) is 227 Å². The van der Waals surface area contributed by atoms with Crippen molar-refractivity contribution in [1.29, 1.82) is 0 Å². The average Bonchev–Trinajstić information content (AvgIpc) is 3.63. The first-order valence-electron chi connectivity index (χ1n) is 24.2. The predicted octanol–water partition coefficient (Wildman–Crippen LogP) is 15.5. The number of hydrogen-bond acceptors (Lipinski definition) is 3. The summed E-state index contributed by atoms with van der Waals surface area (Å²) in [6.45, 7) is 7.43. The van der Waals surface area contributed by atoms with Gasteiger partial charge in [-0.2, -0.15) is 0 Å². The van der Waals surface area contributed by atoms with Crippen LogP contribution in [0.1, 0.15) is 55.0 Å². The van der Waals surface area contributed by atoms with Gasteiger partial charge in [0.05, 0.1) is 5.41 Å². The Hall–Kier alpha value is -7.75. The van der Waals surface area contributed by atoms with Crippen LogP contribution in [0.3, 0.4) is 0 Å². The van der Waals surface area contributed by atoms with Gasteiger partial charge in [-0.15, -0.1) is 0 Å². The minimum atomic E-state index is -0.397. The summed E-state index contributed by atoms with van der Waals surface area (Å²) in [6, 6.07) is 70.0. The van der Waals surface area contributed by atoms with Crippen molar-refractivity contribution < 1.29 is 0 Å². The van der Waals surface area contributed by atoms with E-state index in [0.29, 0.717) is 23.4 Å². The lowest BCUT2D eigenvalue weighted by Crippen LogP contribution is -2.45. The van der Waals surface area contributed by atoms with Gasteiger partial charge in [0.15, 0.2) is 17.5 Å². The van der Waals surface area contributed by atoms with E-state index < -0.39 is 5.41 Å². The highest BCUT2D eigenvalue weighted by Gasteiger charge is 2.61. The van der Waals surface area contributed by atoms with Crippen LogP contribution < -0.4 is 0 Å². The zero-order chi connectivity index (χ0) is 45.8. The number of fused-ring (bicyclic) bond motifs is 3. The summed E-state index contributed by atoms with van der Waals surface area (Å²) in [4.78, 5) is 15.6. The van der Waals surface area contributed by atoms with Gasteiger partial charge in [0.1, 0.15) is 0 Å². The standard InChI is InChI=1S/C65H53N3/c1-43-39-56-57-36-18-19-37-64(57,3)65(52-31-12-6-13-32-52,53-33-14-7-15-34-53)58(56)42-55(43)59-44(2)38-48-26-16-17-35-54(48)60(59)49-28-21-30-51(41-49)63-67-61(46-24-10-5-11-25-46)66-62(68-63)50-29-20-27-47(40-50)45-22-8-4-9-23-45/h4-37,40-44,57H,38-39H2,1-3H3. The summed E-state index contributed by atoms with van der Waals surface area (Å²) >= 11 is 0. The molecule has 0 N–H and O–H groups in total. The van der Waals surface area contributed by atoms with E-state index in [4.69, 9.17) is 15.0 Å². The topological polar surface area (TPSA) is 38.7 Å². The molecule has 0 aliphatic heterocycles. The lowest BCUT2D eigenvalue weighted by atomic mass is 9.53. The lowest BCUT2D eigenvalue weighted by Gasteiger charge is -2.48. The Morgan fingerprint density at radius 3 is 1.63 bits per heavy atom. The number of rotatable bonds is 8. The first-order valence-corrected chi connectivity index (χ1v) is 24.2. The molecule has 4 aliphatic rings. The summed E-state index contributed by atoms with van der Waals surface area (Å²) in [7, 11) is 0. The van der Waals surface area contributed by atoms with Crippen LogP contribution in [-0.4, -0.2) is 15.0 Å². The van der Waals surface area contributed by atoms with Crippen LogP contribution in [-0.2, 0) is 11.8 Å². The van der Waals surface area contributed by atoms with Crippen LogP contribution in [0.2, 0.25) is 0 Å². The number of hydrogen-bond donors (Lipinski definition) is 0. The fourth-order valence-corrected chi connectivity index (χ4v) is 12.4. The van der Waals surface area contributed by atoms with E-state index in [0.717, 1.165) is 40.7 Å². The van der Waals surface area contributed by atoms with Crippen LogP contribution in [0.25, 0.3) is 50.9 Å². The summed E-state index contributed by atoms with van der Waals surface area (Å²) in [5, 5.41) is 0. The van der Waals surface area contributed by atoms with E-state index in [1.807, 2.05) is 18.2 Å². The van der Waals surface area contributed by atoms with E-state index in [1.165, 1.54) is 50.1 Å². The van der Waals surface area contributed by atoms with Crippen LogP contribution in [0.5, 0.6) is 0 Å². The van der Waals surface area contributed by atoms with E-state index >= 15 is 0 Å². The largest absolute Gasteiger partial charge is 0.208 e. The molecule has 3 nitrogen and oxygen atoms in total. The molecular weight excluding hydrogens is 823 g/mol. The van der Waals surface area contributed by atoms with E-state index in [-0.39, 0.29) is 17.3 Å². The summed E-state index contributed by atoms with van der Waals surface area (Å²) in [6.07, 6.45) is 14.2. The monoisotopic (exact) mass is 875 g/mol. The maximum Gasteiger partial charge on any atom is 0.164 e. The maximum absolute atomic E-state index is 5.29. The van der Waals surface area contributed by atoms with Gasteiger partial charge in [-0.05, 0) is 98.0 Å². The quantitative estimate of drug-likeness (QED) is 0.153. The molecule has 1 aromatic heterocycles. The lowest BCUT2D eigenvalue weighted by molar-refractivity contribution is 0.259. The summed E-state index contributed by atoms with van der Waals surface area (Å²) in [5.41, 5.74) is 18.3. The third kappa shape index (κ3) is 6.74. The van der Waals surface area contributed by atoms with Crippen LogP contribution in [0.15, 0.2) is 247 Å². The smallest absolute Gasteiger partial charge is 0.164 e. The molecule has 1 heterocycles. The van der Waals surface area contributed by atoms with Crippen molar-refractivity contribution >= 4 is 5.57 Å². The normalized spacial score (nSPS) is 21.2. The van der Waals surface area contributed by atoms with Crippen molar-refractivity contribution in [3.8, 4) is 45.3 Å². The van der Waals surface area contributed by atoms with Gasteiger partial charge < -0.3 is 0 Å². The summed E-state index contributed by atoms with van der Waals surface area (Å²) < 4.78 is 0. The molecular formula is C65H53N3. The molecule has 3 heteroatoms. The van der Waals surface area contributed by atoms with Gasteiger partial charge in [-0.25, -0.2) is 15.0 Å². The summed E-state index contributed by atoms with van der Waals surface area (Å²) in [5.74, 6) is 2.83. The number of aromatic nitrogens is 3. The first kappa shape index (κ1) is 41.7. The third-order valence-corrected chi connectivity index (χ3v) is 15.4. The minimum absolute atomic E-state index is 0.206. The SMILES string of the molecule is CC1CC2=C(C=C1C1=C(c3cccc(-c4nc(-c5ccccc5)nc(-c5cccc(-c6ccccc6)c5)n4)c3)c3ccccc3CC1C)C(c1ccccc1)(c1ccccc1)C1(C)C=CC=CC21. The molecule has 0 fully saturated rings. The second-order valence-corrected chi connectivity index (χ2v) is 19.4. The van der Waals surface area contributed by atoms with Crippen molar-refractivity contribution in [1.82, 2.24) is 15.0 Å². The average molecular weight is 876 g/mol. The van der Waals surface area contributed by atoms with Crippen LogP contribution in [0.4, 0.5) is 0 Å². The molecule has 0 radical (unpaired) electrons. The Morgan fingerprint density at radius 1 is 0.471 bits per heavy atom. The van der Waals surface area contributed by atoms with Crippen molar-refractivity contribution in [2.75, 3.05) is 0 Å². The van der Waals surface area contributed by atoms with E-state index in [1.54, 1.807) is 5.57 Å². The fraction of sp³-hybridized carbons (Fsp3) is 0.154. The Kier molecular flexibility index (Phi) is 10.3. The number of nitrogens with zero attached hydrogens (tertiary/aromatic N) is 3. The second-order valence-electron chi connectivity index (χ2n) is 19.4. The molecule has 4 unspecified atom stereocenters.